The van der Waals surface area contributed by atoms with Crippen LogP contribution in [0.15, 0.2) is 45.0 Å². The van der Waals surface area contributed by atoms with Crippen molar-refractivity contribution >= 4 is 17.4 Å². The fraction of sp³-hybridized carbons (Fsp3) is 0.143. The molecular formula is C14H13N5O3S. The molecule has 0 atom stereocenters. The number of furan rings is 1. The SMILES string of the molecule is Cc1ccc(Sc2nnc(-c3ccoc3C)n2N)c([N+](=O)[O-])c1. The second-order valence-corrected chi connectivity index (χ2v) is 5.91. The van der Waals surface area contributed by atoms with Gasteiger partial charge < -0.3 is 10.3 Å². The highest BCUT2D eigenvalue weighted by Crippen LogP contribution is 2.35. The van der Waals surface area contributed by atoms with Crippen LogP contribution < -0.4 is 5.84 Å². The third kappa shape index (κ3) is 2.78. The Balaban J connectivity index is 1.98. The number of hydrogen-bond donors (Lipinski definition) is 1. The molecule has 8 nitrogen and oxygen atoms in total. The Labute approximate surface area is 135 Å². The lowest BCUT2D eigenvalue weighted by Gasteiger charge is -2.04. The van der Waals surface area contributed by atoms with Crippen LogP contribution in [0, 0.1) is 24.0 Å². The van der Waals surface area contributed by atoms with Gasteiger partial charge in [-0.15, -0.1) is 10.2 Å². The molecule has 2 aromatic heterocycles. The zero-order chi connectivity index (χ0) is 16.6. The maximum atomic E-state index is 11.2. The van der Waals surface area contributed by atoms with Gasteiger partial charge in [0.2, 0.25) is 5.16 Å². The van der Waals surface area contributed by atoms with Crippen molar-refractivity contribution in [3.05, 3.63) is 52.0 Å². The molecule has 2 heterocycles. The van der Waals surface area contributed by atoms with E-state index in [1.807, 2.05) is 0 Å². The average Bonchev–Trinajstić information content (AvgIpc) is 3.07. The van der Waals surface area contributed by atoms with Crippen molar-refractivity contribution in [2.75, 3.05) is 5.84 Å². The quantitative estimate of drug-likeness (QED) is 0.444. The minimum atomic E-state index is -0.423. The summed E-state index contributed by atoms with van der Waals surface area (Å²) in [7, 11) is 0. The summed E-state index contributed by atoms with van der Waals surface area (Å²) in [6.07, 6.45) is 1.54. The van der Waals surface area contributed by atoms with Gasteiger partial charge in [-0.05, 0) is 43.3 Å². The molecular weight excluding hydrogens is 318 g/mol. The molecule has 1 aromatic carbocycles. The van der Waals surface area contributed by atoms with Gasteiger partial charge in [-0.25, -0.2) is 4.68 Å². The highest BCUT2D eigenvalue weighted by atomic mass is 32.2. The van der Waals surface area contributed by atoms with E-state index in [2.05, 4.69) is 10.2 Å². The largest absolute Gasteiger partial charge is 0.469 e. The van der Waals surface area contributed by atoms with E-state index in [4.69, 9.17) is 10.3 Å². The zero-order valence-corrected chi connectivity index (χ0v) is 13.2. The van der Waals surface area contributed by atoms with Crippen molar-refractivity contribution in [3.8, 4) is 11.4 Å². The van der Waals surface area contributed by atoms with Crippen LogP contribution in [0.4, 0.5) is 5.69 Å². The number of nitro groups is 1. The second-order valence-electron chi connectivity index (χ2n) is 4.90. The van der Waals surface area contributed by atoms with Gasteiger partial charge in [-0.1, -0.05) is 6.07 Å². The molecule has 23 heavy (non-hydrogen) atoms. The van der Waals surface area contributed by atoms with E-state index >= 15 is 0 Å². The third-order valence-electron chi connectivity index (χ3n) is 3.28. The summed E-state index contributed by atoms with van der Waals surface area (Å²) >= 11 is 1.09. The number of rotatable bonds is 4. The van der Waals surface area contributed by atoms with Crippen molar-refractivity contribution in [2.45, 2.75) is 23.9 Å². The fourth-order valence-electron chi connectivity index (χ4n) is 2.10. The molecule has 0 aliphatic rings. The number of aryl methyl sites for hydroxylation is 2. The van der Waals surface area contributed by atoms with Crippen LogP contribution in [0.3, 0.4) is 0 Å². The number of nitrogen functional groups attached to an aromatic ring is 1. The van der Waals surface area contributed by atoms with Crippen LogP contribution in [0.5, 0.6) is 0 Å². The molecule has 0 spiro atoms. The van der Waals surface area contributed by atoms with Gasteiger partial charge in [-0.3, -0.25) is 10.1 Å². The molecule has 0 fully saturated rings. The van der Waals surface area contributed by atoms with Crippen LogP contribution in [0.1, 0.15) is 11.3 Å². The first-order valence-corrected chi connectivity index (χ1v) is 7.47. The highest BCUT2D eigenvalue weighted by molar-refractivity contribution is 7.99. The molecule has 0 aliphatic carbocycles. The van der Waals surface area contributed by atoms with Gasteiger partial charge >= 0.3 is 0 Å². The number of nitro benzene ring substituents is 1. The molecule has 0 amide bonds. The van der Waals surface area contributed by atoms with Gasteiger partial charge in [0.1, 0.15) is 5.76 Å². The molecule has 118 valence electrons. The number of benzene rings is 1. The summed E-state index contributed by atoms with van der Waals surface area (Å²) in [6.45, 7) is 3.59. The summed E-state index contributed by atoms with van der Waals surface area (Å²) in [5.41, 5.74) is 1.55. The second kappa shape index (κ2) is 5.76. The van der Waals surface area contributed by atoms with Gasteiger partial charge in [0, 0.05) is 6.07 Å². The van der Waals surface area contributed by atoms with Gasteiger partial charge in [0.05, 0.1) is 21.6 Å². The first kappa shape index (κ1) is 15.1. The Morgan fingerprint density at radius 2 is 2.09 bits per heavy atom. The maximum Gasteiger partial charge on any atom is 0.283 e. The predicted molar refractivity (Wildman–Crippen MR) is 84.6 cm³/mol. The topological polar surface area (TPSA) is 113 Å². The predicted octanol–water partition coefficient (Wildman–Crippen LogP) is 2.93. The summed E-state index contributed by atoms with van der Waals surface area (Å²) < 4.78 is 6.53. The van der Waals surface area contributed by atoms with E-state index in [1.165, 1.54) is 17.0 Å². The summed E-state index contributed by atoms with van der Waals surface area (Å²) in [5.74, 6) is 7.13. The first-order valence-electron chi connectivity index (χ1n) is 6.65. The van der Waals surface area contributed by atoms with Gasteiger partial charge in [-0.2, -0.15) is 0 Å². The smallest absolute Gasteiger partial charge is 0.283 e. The molecule has 0 aliphatic heterocycles. The average molecular weight is 331 g/mol. The number of aromatic nitrogens is 3. The molecule has 2 N–H and O–H groups in total. The molecule has 0 saturated carbocycles. The highest BCUT2D eigenvalue weighted by Gasteiger charge is 2.20. The van der Waals surface area contributed by atoms with Crippen LogP contribution in [-0.2, 0) is 0 Å². The summed E-state index contributed by atoms with van der Waals surface area (Å²) in [5, 5.41) is 19.6. The van der Waals surface area contributed by atoms with Crippen molar-refractivity contribution in [3.63, 3.8) is 0 Å². The van der Waals surface area contributed by atoms with E-state index in [0.29, 0.717) is 21.6 Å². The Kier molecular flexibility index (Phi) is 3.78. The molecule has 3 aromatic rings. The van der Waals surface area contributed by atoms with Gasteiger partial charge in [0.15, 0.2) is 5.82 Å². The summed E-state index contributed by atoms with van der Waals surface area (Å²) in [4.78, 5) is 11.2. The lowest BCUT2D eigenvalue weighted by molar-refractivity contribution is -0.387. The minimum Gasteiger partial charge on any atom is -0.469 e. The van der Waals surface area contributed by atoms with Crippen LogP contribution in [0.25, 0.3) is 11.4 Å². The minimum absolute atomic E-state index is 0.0130. The normalized spacial score (nSPS) is 10.9. The number of nitrogens with two attached hydrogens (primary N) is 1. The Bertz CT molecular complexity index is 886. The maximum absolute atomic E-state index is 11.2. The zero-order valence-electron chi connectivity index (χ0n) is 12.4. The van der Waals surface area contributed by atoms with Crippen molar-refractivity contribution in [2.24, 2.45) is 0 Å². The monoisotopic (exact) mass is 331 g/mol. The van der Waals surface area contributed by atoms with Crippen molar-refractivity contribution in [1.29, 1.82) is 0 Å². The number of nitrogens with zero attached hydrogens (tertiary/aromatic N) is 4. The molecule has 0 unspecified atom stereocenters. The first-order chi connectivity index (χ1) is 11.0. The molecule has 0 radical (unpaired) electrons. The lowest BCUT2D eigenvalue weighted by Crippen LogP contribution is -2.11. The van der Waals surface area contributed by atoms with Crippen molar-refractivity contribution < 1.29 is 9.34 Å². The van der Waals surface area contributed by atoms with Crippen LogP contribution in [-0.4, -0.2) is 19.8 Å². The molecule has 3 rings (SSSR count). The van der Waals surface area contributed by atoms with E-state index in [0.717, 1.165) is 22.9 Å². The van der Waals surface area contributed by atoms with Gasteiger partial charge in [0.25, 0.3) is 5.69 Å². The fourth-order valence-corrected chi connectivity index (χ4v) is 2.94. The summed E-state index contributed by atoms with van der Waals surface area (Å²) in [6, 6.07) is 6.73. The number of hydrogen-bond acceptors (Lipinski definition) is 7. The van der Waals surface area contributed by atoms with E-state index < -0.39 is 4.92 Å². The van der Waals surface area contributed by atoms with Crippen LogP contribution >= 0.6 is 11.8 Å². The third-order valence-corrected chi connectivity index (χ3v) is 4.30. The Hall–Kier alpha value is -2.81. The standard InChI is InChI=1S/C14H13N5O3S/c1-8-3-4-12(11(7-8)19(20)21)23-14-17-16-13(18(14)15)10-5-6-22-9(10)2/h3-7H,15H2,1-2H3. The van der Waals surface area contributed by atoms with E-state index in [9.17, 15) is 10.1 Å². The molecule has 9 heteroatoms. The van der Waals surface area contributed by atoms with Crippen LogP contribution in [0.2, 0.25) is 0 Å². The van der Waals surface area contributed by atoms with E-state index in [-0.39, 0.29) is 5.69 Å². The Morgan fingerprint density at radius 1 is 1.30 bits per heavy atom. The lowest BCUT2D eigenvalue weighted by atomic mass is 10.2. The molecule has 0 saturated heterocycles. The van der Waals surface area contributed by atoms with Crippen molar-refractivity contribution in [1.82, 2.24) is 14.9 Å². The molecule has 0 bridgehead atoms. The van der Waals surface area contributed by atoms with E-state index in [1.54, 1.807) is 32.0 Å². The Morgan fingerprint density at radius 3 is 2.74 bits per heavy atom.